The standard InChI is InChI=1S/C18H17FN2O2/c19-15-6-4-13(5-7-15)18(23)20-9-12-8-14(11-20)16-2-1-3-17(22)21(16)10-12/h1-7,12,14H,8-11H2. The van der Waals surface area contributed by atoms with Gasteiger partial charge in [-0.25, -0.2) is 4.39 Å². The van der Waals surface area contributed by atoms with Crippen molar-refractivity contribution in [3.63, 3.8) is 0 Å². The summed E-state index contributed by atoms with van der Waals surface area (Å²) in [7, 11) is 0. The summed E-state index contributed by atoms with van der Waals surface area (Å²) in [6.07, 6.45) is 1.01. The van der Waals surface area contributed by atoms with E-state index in [0.717, 1.165) is 12.1 Å². The van der Waals surface area contributed by atoms with Crippen molar-refractivity contribution in [3.8, 4) is 0 Å². The Morgan fingerprint density at radius 2 is 1.83 bits per heavy atom. The van der Waals surface area contributed by atoms with Gasteiger partial charge in [0.05, 0.1) is 0 Å². The van der Waals surface area contributed by atoms with E-state index in [9.17, 15) is 14.0 Å². The van der Waals surface area contributed by atoms with Crippen LogP contribution in [0.25, 0.3) is 0 Å². The van der Waals surface area contributed by atoms with E-state index in [2.05, 4.69) is 0 Å². The predicted molar refractivity (Wildman–Crippen MR) is 83.9 cm³/mol. The summed E-state index contributed by atoms with van der Waals surface area (Å²) >= 11 is 0. The van der Waals surface area contributed by atoms with Crippen LogP contribution < -0.4 is 5.56 Å². The number of carbonyl (C=O) groups excluding carboxylic acids is 1. The zero-order chi connectivity index (χ0) is 16.0. The van der Waals surface area contributed by atoms with E-state index >= 15 is 0 Å². The molecule has 4 nitrogen and oxygen atoms in total. The van der Waals surface area contributed by atoms with Gasteiger partial charge in [0.25, 0.3) is 11.5 Å². The molecule has 1 aromatic carbocycles. The van der Waals surface area contributed by atoms with Crippen molar-refractivity contribution < 1.29 is 9.18 Å². The highest BCUT2D eigenvalue weighted by Crippen LogP contribution is 2.35. The van der Waals surface area contributed by atoms with E-state index in [4.69, 9.17) is 0 Å². The molecule has 1 fully saturated rings. The molecule has 23 heavy (non-hydrogen) atoms. The van der Waals surface area contributed by atoms with Gasteiger partial charge in [-0.05, 0) is 42.7 Å². The lowest BCUT2D eigenvalue weighted by Crippen LogP contribution is -2.49. The van der Waals surface area contributed by atoms with E-state index in [-0.39, 0.29) is 23.2 Å². The van der Waals surface area contributed by atoms with E-state index in [0.29, 0.717) is 31.1 Å². The Labute approximate surface area is 133 Å². The highest BCUT2D eigenvalue weighted by Gasteiger charge is 2.36. The van der Waals surface area contributed by atoms with Crippen LogP contribution in [0.4, 0.5) is 4.39 Å². The first-order valence-electron chi connectivity index (χ1n) is 7.86. The molecule has 4 rings (SSSR count). The predicted octanol–water partition coefficient (Wildman–Crippen LogP) is 2.25. The summed E-state index contributed by atoms with van der Waals surface area (Å²) in [6, 6.07) is 11.0. The number of carbonyl (C=O) groups is 1. The third kappa shape index (κ3) is 2.46. The third-order valence-electron chi connectivity index (χ3n) is 4.86. The number of piperidine rings is 1. The number of fused-ring (bicyclic) bond motifs is 4. The number of pyridine rings is 1. The molecule has 0 radical (unpaired) electrons. The molecule has 2 unspecified atom stereocenters. The fourth-order valence-electron chi connectivity index (χ4n) is 3.84. The number of rotatable bonds is 1. The van der Waals surface area contributed by atoms with Crippen molar-refractivity contribution in [3.05, 3.63) is 69.9 Å². The van der Waals surface area contributed by atoms with Crippen LogP contribution >= 0.6 is 0 Å². The molecule has 1 amide bonds. The first-order valence-corrected chi connectivity index (χ1v) is 7.86. The second-order valence-electron chi connectivity index (χ2n) is 6.42. The molecule has 2 aromatic rings. The number of benzene rings is 1. The average Bonchev–Trinajstić information content (AvgIpc) is 2.56. The van der Waals surface area contributed by atoms with Crippen LogP contribution in [-0.4, -0.2) is 28.5 Å². The number of hydrogen-bond acceptors (Lipinski definition) is 2. The Bertz CT molecular complexity index is 813. The summed E-state index contributed by atoms with van der Waals surface area (Å²) in [5.41, 5.74) is 1.57. The molecule has 2 aliphatic rings. The lowest BCUT2D eigenvalue weighted by molar-refractivity contribution is 0.0594. The van der Waals surface area contributed by atoms with Crippen LogP contribution in [0.1, 0.15) is 28.4 Å². The first kappa shape index (κ1) is 14.2. The fourth-order valence-corrected chi connectivity index (χ4v) is 3.84. The lowest BCUT2D eigenvalue weighted by atomic mass is 9.83. The summed E-state index contributed by atoms with van der Waals surface area (Å²) in [5.74, 6) is 0.0864. The van der Waals surface area contributed by atoms with Crippen LogP contribution in [0.15, 0.2) is 47.3 Å². The van der Waals surface area contributed by atoms with Crippen LogP contribution in [0, 0.1) is 11.7 Å². The van der Waals surface area contributed by atoms with E-state index < -0.39 is 0 Å². The number of aromatic nitrogens is 1. The Balaban J connectivity index is 1.62. The second kappa shape index (κ2) is 5.33. The molecule has 3 heterocycles. The molecule has 118 valence electrons. The Morgan fingerprint density at radius 1 is 1.04 bits per heavy atom. The van der Waals surface area contributed by atoms with Crippen molar-refractivity contribution in [1.29, 1.82) is 0 Å². The number of hydrogen-bond donors (Lipinski definition) is 0. The molecule has 1 saturated heterocycles. The SMILES string of the molecule is O=C(c1ccc(F)cc1)N1CC2CC(C1)c1cccc(=O)n1C2. The first-order chi connectivity index (χ1) is 11.1. The minimum atomic E-state index is -0.342. The molecule has 0 spiro atoms. The largest absolute Gasteiger partial charge is 0.338 e. The van der Waals surface area contributed by atoms with Crippen molar-refractivity contribution in [2.24, 2.45) is 5.92 Å². The van der Waals surface area contributed by atoms with Gasteiger partial charge in [-0.15, -0.1) is 0 Å². The van der Waals surface area contributed by atoms with Gasteiger partial charge in [0.1, 0.15) is 5.82 Å². The van der Waals surface area contributed by atoms with Gasteiger partial charge in [-0.1, -0.05) is 6.07 Å². The molecule has 1 aromatic heterocycles. The summed E-state index contributed by atoms with van der Waals surface area (Å²) in [5, 5.41) is 0. The van der Waals surface area contributed by atoms with Gasteiger partial charge in [-0.3, -0.25) is 9.59 Å². The second-order valence-corrected chi connectivity index (χ2v) is 6.42. The number of amides is 1. The maximum absolute atomic E-state index is 13.0. The maximum atomic E-state index is 13.0. The van der Waals surface area contributed by atoms with Crippen LogP contribution in [-0.2, 0) is 6.54 Å². The molecular formula is C18H17FN2O2. The molecule has 2 bridgehead atoms. The molecule has 2 atom stereocenters. The van der Waals surface area contributed by atoms with Crippen molar-refractivity contribution in [2.45, 2.75) is 18.9 Å². The molecule has 5 heteroatoms. The van der Waals surface area contributed by atoms with Gasteiger partial charge < -0.3 is 9.47 Å². The van der Waals surface area contributed by atoms with Gasteiger partial charge >= 0.3 is 0 Å². The van der Waals surface area contributed by atoms with E-state index in [1.54, 1.807) is 12.1 Å². The topological polar surface area (TPSA) is 42.3 Å². The van der Waals surface area contributed by atoms with Gasteiger partial charge in [0, 0.05) is 42.9 Å². The zero-order valence-electron chi connectivity index (χ0n) is 12.6. The Morgan fingerprint density at radius 3 is 2.61 bits per heavy atom. The van der Waals surface area contributed by atoms with Gasteiger partial charge in [-0.2, -0.15) is 0 Å². The molecule has 0 saturated carbocycles. The summed E-state index contributed by atoms with van der Waals surface area (Å²) in [6.45, 7) is 1.92. The highest BCUT2D eigenvalue weighted by molar-refractivity contribution is 5.94. The smallest absolute Gasteiger partial charge is 0.253 e. The highest BCUT2D eigenvalue weighted by atomic mass is 19.1. The van der Waals surface area contributed by atoms with Crippen LogP contribution in [0.3, 0.4) is 0 Å². The van der Waals surface area contributed by atoms with Crippen LogP contribution in [0.2, 0.25) is 0 Å². The van der Waals surface area contributed by atoms with Crippen molar-refractivity contribution in [2.75, 3.05) is 13.1 Å². The average molecular weight is 312 g/mol. The molecule has 0 aliphatic carbocycles. The molecular weight excluding hydrogens is 295 g/mol. The maximum Gasteiger partial charge on any atom is 0.253 e. The van der Waals surface area contributed by atoms with E-state index in [1.807, 2.05) is 15.5 Å². The van der Waals surface area contributed by atoms with E-state index in [1.165, 1.54) is 24.3 Å². The van der Waals surface area contributed by atoms with Gasteiger partial charge in [0.15, 0.2) is 0 Å². The monoisotopic (exact) mass is 312 g/mol. The minimum absolute atomic E-state index is 0.0375. The Hall–Kier alpha value is -2.43. The third-order valence-corrected chi connectivity index (χ3v) is 4.86. The Kier molecular flexibility index (Phi) is 3.29. The number of halogens is 1. The zero-order valence-corrected chi connectivity index (χ0v) is 12.6. The van der Waals surface area contributed by atoms with Crippen molar-refractivity contribution >= 4 is 5.91 Å². The number of nitrogens with zero attached hydrogens (tertiary/aromatic N) is 2. The van der Waals surface area contributed by atoms with Crippen molar-refractivity contribution in [1.82, 2.24) is 9.47 Å². The normalized spacial score (nSPS) is 22.6. The van der Waals surface area contributed by atoms with Gasteiger partial charge in [0.2, 0.25) is 0 Å². The quantitative estimate of drug-likeness (QED) is 0.810. The molecule has 2 aliphatic heterocycles. The molecule has 0 N–H and O–H groups in total. The number of likely N-dealkylation sites (tertiary alicyclic amines) is 1. The summed E-state index contributed by atoms with van der Waals surface area (Å²) in [4.78, 5) is 26.5. The van der Waals surface area contributed by atoms with Crippen LogP contribution in [0.5, 0.6) is 0 Å². The lowest BCUT2D eigenvalue weighted by Gasteiger charge is -2.42. The fraction of sp³-hybridized carbons (Fsp3) is 0.333. The minimum Gasteiger partial charge on any atom is -0.338 e. The summed E-state index contributed by atoms with van der Waals surface area (Å²) < 4.78 is 14.9.